The molecule has 0 saturated carbocycles. The van der Waals surface area contributed by atoms with Gasteiger partial charge in [-0.1, -0.05) is 12.1 Å². The second-order valence-corrected chi connectivity index (χ2v) is 3.99. The third kappa shape index (κ3) is 4.75. The van der Waals surface area contributed by atoms with Crippen LogP contribution in [0.5, 0.6) is 0 Å². The predicted molar refractivity (Wildman–Crippen MR) is 62.4 cm³/mol. The summed E-state index contributed by atoms with van der Waals surface area (Å²) in [4.78, 5) is 31.3. The van der Waals surface area contributed by atoms with Crippen LogP contribution >= 0.6 is 0 Å². The third-order valence-electron chi connectivity index (χ3n) is 2.45. The number of nitro groups is 1. The van der Waals surface area contributed by atoms with Crippen LogP contribution in [0.3, 0.4) is 0 Å². The van der Waals surface area contributed by atoms with E-state index < -0.39 is 35.4 Å². The number of amides is 1. The highest BCUT2D eigenvalue weighted by atomic mass is 19.4. The Morgan fingerprint density at radius 1 is 1.29 bits per heavy atom. The molecule has 2 N–H and O–H groups in total. The molecule has 0 unspecified atom stereocenters. The van der Waals surface area contributed by atoms with Crippen molar-refractivity contribution in [2.45, 2.75) is 18.6 Å². The van der Waals surface area contributed by atoms with Gasteiger partial charge in [0.1, 0.15) is 6.04 Å². The van der Waals surface area contributed by atoms with Crippen molar-refractivity contribution in [2.75, 3.05) is 0 Å². The number of nitrogens with zero attached hydrogens (tertiary/aromatic N) is 1. The number of carbonyl (C=O) groups is 2. The number of non-ortho nitro benzene ring substituents is 1. The number of rotatable bonds is 5. The van der Waals surface area contributed by atoms with Gasteiger partial charge in [-0.3, -0.25) is 14.9 Å². The highest BCUT2D eigenvalue weighted by molar-refractivity contribution is 5.87. The minimum absolute atomic E-state index is 0.232. The quantitative estimate of drug-likeness (QED) is 0.629. The van der Waals surface area contributed by atoms with Crippen molar-refractivity contribution in [1.82, 2.24) is 5.32 Å². The van der Waals surface area contributed by atoms with Crippen LogP contribution in [0.15, 0.2) is 24.3 Å². The van der Waals surface area contributed by atoms with E-state index in [2.05, 4.69) is 0 Å². The summed E-state index contributed by atoms with van der Waals surface area (Å²) in [6.45, 7) is 0. The molecule has 1 rings (SSSR count). The van der Waals surface area contributed by atoms with Crippen molar-refractivity contribution in [3.05, 3.63) is 39.9 Å². The topological polar surface area (TPSA) is 110 Å². The summed E-state index contributed by atoms with van der Waals surface area (Å²) in [5.41, 5.74) is -0.0135. The predicted octanol–water partition coefficient (Wildman–Crippen LogP) is 1.27. The Morgan fingerprint density at radius 3 is 2.19 bits per heavy atom. The number of carboxylic acids is 1. The molecular formula is C11H9F3N2O5. The van der Waals surface area contributed by atoms with E-state index in [-0.39, 0.29) is 11.3 Å². The van der Waals surface area contributed by atoms with Crippen LogP contribution in [-0.4, -0.2) is 34.1 Å². The second-order valence-electron chi connectivity index (χ2n) is 3.99. The van der Waals surface area contributed by atoms with Gasteiger partial charge < -0.3 is 10.4 Å². The van der Waals surface area contributed by atoms with Gasteiger partial charge in [-0.15, -0.1) is 0 Å². The molecule has 0 saturated heterocycles. The standard InChI is InChI=1S/C11H9F3N2O5/c12-11(13,14)10(19)15-8(9(17)18)5-6-1-3-7(4-2-6)16(20)21/h1-4,8H,5H2,(H,15,19)(H,17,18)/t8-/m0/s1. The number of benzene rings is 1. The Labute approximate surface area is 115 Å². The molecule has 0 aliphatic carbocycles. The largest absolute Gasteiger partial charge is 0.480 e. The number of halogens is 3. The van der Waals surface area contributed by atoms with Crippen LogP contribution in [0.2, 0.25) is 0 Å². The summed E-state index contributed by atoms with van der Waals surface area (Å²) in [5.74, 6) is -4.01. The van der Waals surface area contributed by atoms with Crippen molar-refractivity contribution in [3.63, 3.8) is 0 Å². The lowest BCUT2D eigenvalue weighted by molar-refractivity contribution is -0.384. The average molecular weight is 306 g/mol. The van der Waals surface area contributed by atoms with Crippen LogP contribution in [0.25, 0.3) is 0 Å². The minimum Gasteiger partial charge on any atom is -0.480 e. The van der Waals surface area contributed by atoms with Gasteiger partial charge in [0.25, 0.3) is 5.69 Å². The monoisotopic (exact) mass is 306 g/mol. The summed E-state index contributed by atoms with van der Waals surface area (Å²) in [6, 6.07) is 2.78. The second kappa shape index (κ2) is 6.20. The van der Waals surface area contributed by atoms with Gasteiger partial charge in [-0.05, 0) is 5.56 Å². The van der Waals surface area contributed by atoms with Crippen molar-refractivity contribution < 1.29 is 32.8 Å². The Kier molecular flexibility index (Phi) is 4.84. The summed E-state index contributed by atoms with van der Waals surface area (Å²) < 4.78 is 36.2. The van der Waals surface area contributed by atoms with Crippen LogP contribution < -0.4 is 5.32 Å². The summed E-state index contributed by atoms with van der Waals surface area (Å²) in [6.07, 6.45) is -5.63. The number of nitro benzene ring substituents is 1. The number of aliphatic carboxylic acids is 1. The highest BCUT2D eigenvalue weighted by Gasteiger charge is 2.40. The van der Waals surface area contributed by atoms with Gasteiger partial charge in [0.15, 0.2) is 0 Å². The molecule has 0 spiro atoms. The molecule has 1 atom stereocenters. The van der Waals surface area contributed by atoms with Crippen molar-refractivity contribution in [1.29, 1.82) is 0 Å². The van der Waals surface area contributed by atoms with Gasteiger partial charge >= 0.3 is 18.1 Å². The van der Waals surface area contributed by atoms with Crippen LogP contribution in [-0.2, 0) is 16.0 Å². The van der Waals surface area contributed by atoms with Gasteiger partial charge in [0.2, 0.25) is 0 Å². The zero-order valence-corrected chi connectivity index (χ0v) is 10.3. The maximum absolute atomic E-state index is 12.1. The van der Waals surface area contributed by atoms with Gasteiger partial charge in [0, 0.05) is 18.6 Å². The molecule has 114 valence electrons. The van der Waals surface area contributed by atoms with E-state index in [4.69, 9.17) is 5.11 Å². The first-order chi connectivity index (χ1) is 9.61. The number of nitrogens with one attached hydrogen (secondary N) is 1. The Bertz CT molecular complexity index is 556. The maximum Gasteiger partial charge on any atom is 0.471 e. The first kappa shape index (κ1) is 16.4. The smallest absolute Gasteiger partial charge is 0.471 e. The zero-order valence-electron chi connectivity index (χ0n) is 10.3. The molecule has 0 bridgehead atoms. The first-order valence-electron chi connectivity index (χ1n) is 5.45. The van der Waals surface area contributed by atoms with Crippen LogP contribution in [0.1, 0.15) is 5.56 Å². The molecule has 0 aliphatic heterocycles. The minimum atomic E-state index is -5.19. The van der Waals surface area contributed by atoms with Crippen LogP contribution in [0, 0.1) is 10.1 Å². The highest BCUT2D eigenvalue weighted by Crippen LogP contribution is 2.16. The van der Waals surface area contributed by atoms with E-state index in [9.17, 15) is 32.9 Å². The SMILES string of the molecule is O=C(O)[C@H](Cc1ccc([N+](=O)[O-])cc1)NC(=O)C(F)(F)F. The summed E-state index contributed by atoms with van der Waals surface area (Å²) in [7, 11) is 0. The van der Waals surface area contributed by atoms with E-state index in [1.165, 1.54) is 17.4 Å². The van der Waals surface area contributed by atoms with Crippen molar-refractivity contribution in [3.8, 4) is 0 Å². The van der Waals surface area contributed by atoms with Gasteiger partial charge in [0.05, 0.1) is 4.92 Å². The lowest BCUT2D eigenvalue weighted by atomic mass is 10.1. The number of carboxylic acid groups (broad SMARTS) is 1. The molecule has 7 nitrogen and oxygen atoms in total. The van der Waals surface area contributed by atoms with E-state index in [1.54, 1.807) is 0 Å². The zero-order chi connectivity index (χ0) is 16.2. The molecule has 1 amide bonds. The lowest BCUT2D eigenvalue weighted by Gasteiger charge is -2.15. The number of hydrogen-bond donors (Lipinski definition) is 2. The molecule has 0 aromatic heterocycles. The lowest BCUT2D eigenvalue weighted by Crippen LogP contribution is -2.47. The maximum atomic E-state index is 12.1. The van der Waals surface area contributed by atoms with Crippen molar-refractivity contribution in [2.24, 2.45) is 0 Å². The van der Waals surface area contributed by atoms with Crippen LogP contribution in [0.4, 0.5) is 18.9 Å². The van der Waals surface area contributed by atoms with Crippen molar-refractivity contribution >= 4 is 17.6 Å². The molecule has 0 fully saturated rings. The van der Waals surface area contributed by atoms with Gasteiger partial charge in [-0.25, -0.2) is 4.79 Å². The molecule has 21 heavy (non-hydrogen) atoms. The molecule has 0 aliphatic rings. The summed E-state index contributed by atoms with van der Waals surface area (Å²) >= 11 is 0. The fourth-order valence-electron chi connectivity index (χ4n) is 1.43. The molecule has 0 radical (unpaired) electrons. The Morgan fingerprint density at radius 2 is 1.81 bits per heavy atom. The molecule has 1 aromatic rings. The Balaban J connectivity index is 2.82. The normalized spacial score (nSPS) is 12.5. The first-order valence-corrected chi connectivity index (χ1v) is 5.45. The molecule has 10 heteroatoms. The molecule has 0 heterocycles. The average Bonchev–Trinajstić information content (AvgIpc) is 2.37. The molecule has 1 aromatic carbocycles. The Hall–Kier alpha value is -2.65. The molecular weight excluding hydrogens is 297 g/mol. The van der Waals surface area contributed by atoms with E-state index in [1.807, 2.05) is 0 Å². The fourth-order valence-corrected chi connectivity index (χ4v) is 1.43. The fraction of sp³-hybridized carbons (Fsp3) is 0.273. The van der Waals surface area contributed by atoms with Gasteiger partial charge in [-0.2, -0.15) is 13.2 Å². The summed E-state index contributed by atoms with van der Waals surface area (Å²) in [5, 5.41) is 20.6. The number of carbonyl (C=O) groups excluding carboxylic acids is 1. The third-order valence-corrected chi connectivity index (χ3v) is 2.45. The number of hydrogen-bond acceptors (Lipinski definition) is 4. The number of alkyl halides is 3. The van der Waals surface area contributed by atoms with E-state index in [0.29, 0.717) is 0 Å². The van der Waals surface area contributed by atoms with E-state index in [0.717, 1.165) is 12.1 Å². The van der Waals surface area contributed by atoms with E-state index >= 15 is 0 Å².